The average Bonchev–Trinajstić information content (AvgIpc) is 2.42. The summed E-state index contributed by atoms with van der Waals surface area (Å²) < 4.78 is 4.46. The van der Waals surface area contributed by atoms with Crippen LogP contribution >= 0.6 is 0 Å². The number of primary amides is 1. The lowest BCUT2D eigenvalue weighted by Crippen LogP contribution is -2.29. The third-order valence-corrected chi connectivity index (χ3v) is 2.18. The van der Waals surface area contributed by atoms with Crippen molar-refractivity contribution in [3.05, 3.63) is 35.4 Å². The molecule has 1 rings (SSSR count). The molecule has 19 heavy (non-hydrogen) atoms. The number of carbonyl (C=O) groups excluding carboxylic acids is 2. The standard InChI is InChI=1S/C11H14N4O4/c12-9(15-18)7-1-3-8(4-2-7)10(16)14-5-6-19-11(13)17/h1-4,18H,5-6H2,(H2,12,15)(H2,13,17)(H,14,16). The third kappa shape index (κ3) is 4.54. The van der Waals surface area contributed by atoms with Gasteiger partial charge in [0.2, 0.25) is 0 Å². The fourth-order valence-electron chi connectivity index (χ4n) is 1.27. The topological polar surface area (TPSA) is 140 Å². The predicted octanol–water partition coefficient (Wildman–Crippen LogP) is -0.394. The first-order valence-corrected chi connectivity index (χ1v) is 5.33. The Labute approximate surface area is 109 Å². The first-order valence-electron chi connectivity index (χ1n) is 5.33. The van der Waals surface area contributed by atoms with Gasteiger partial charge in [-0.25, -0.2) is 4.79 Å². The van der Waals surface area contributed by atoms with Gasteiger partial charge in [-0.05, 0) is 12.1 Å². The van der Waals surface area contributed by atoms with Crippen molar-refractivity contribution in [3.63, 3.8) is 0 Å². The van der Waals surface area contributed by atoms with E-state index >= 15 is 0 Å². The summed E-state index contributed by atoms with van der Waals surface area (Å²) in [5.41, 5.74) is 11.0. The molecule has 0 aromatic heterocycles. The number of amides is 2. The molecule has 1 aromatic carbocycles. The van der Waals surface area contributed by atoms with Crippen molar-refractivity contribution in [2.75, 3.05) is 13.2 Å². The van der Waals surface area contributed by atoms with Gasteiger partial charge < -0.3 is 26.7 Å². The van der Waals surface area contributed by atoms with Crippen LogP contribution in [0.2, 0.25) is 0 Å². The summed E-state index contributed by atoms with van der Waals surface area (Å²) in [6, 6.07) is 6.14. The number of rotatable bonds is 5. The Hall–Kier alpha value is -2.77. The number of hydrogen-bond acceptors (Lipinski definition) is 5. The molecular formula is C11H14N4O4. The lowest BCUT2D eigenvalue weighted by Gasteiger charge is -2.06. The van der Waals surface area contributed by atoms with Crippen LogP contribution in [0.25, 0.3) is 0 Å². The van der Waals surface area contributed by atoms with Crippen molar-refractivity contribution in [1.82, 2.24) is 5.32 Å². The number of ether oxygens (including phenoxy) is 1. The lowest BCUT2D eigenvalue weighted by molar-refractivity contribution is 0.0937. The van der Waals surface area contributed by atoms with Crippen molar-refractivity contribution in [1.29, 1.82) is 0 Å². The van der Waals surface area contributed by atoms with Crippen LogP contribution in [0.1, 0.15) is 15.9 Å². The number of oxime groups is 1. The Bertz CT molecular complexity index is 484. The van der Waals surface area contributed by atoms with Gasteiger partial charge in [0, 0.05) is 11.1 Å². The van der Waals surface area contributed by atoms with Crippen molar-refractivity contribution in [3.8, 4) is 0 Å². The highest BCUT2D eigenvalue weighted by atomic mass is 16.5. The van der Waals surface area contributed by atoms with Gasteiger partial charge in [0.15, 0.2) is 5.84 Å². The monoisotopic (exact) mass is 266 g/mol. The maximum Gasteiger partial charge on any atom is 0.404 e. The fourth-order valence-corrected chi connectivity index (χ4v) is 1.27. The Morgan fingerprint density at radius 1 is 1.21 bits per heavy atom. The van der Waals surface area contributed by atoms with Gasteiger partial charge >= 0.3 is 6.09 Å². The van der Waals surface area contributed by atoms with Crippen molar-refractivity contribution in [2.45, 2.75) is 0 Å². The quantitative estimate of drug-likeness (QED) is 0.189. The molecule has 6 N–H and O–H groups in total. The van der Waals surface area contributed by atoms with E-state index in [-0.39, 0.29) is 24.9 Å². The minimum absolute atomic E-state index is 0.00325. The first-order chi connectivity index (χ1) is 9.04. The lowest BCUT2D eigenvalue weighted by atomic mass is 10.1. The zero-order chi connectivity index (χ0) is 14.3. The highest BCUT2D eigenvalue weighted by Crippen LogP contribution is 2.04. The third-order valence-electron chi connectivity index (χ3n) is 2.18. The summed E-state index contributed by atoms with van der Waals surface area (Å²) in [7, 11) is 0. The maximum absolute atomic E-state index is 11.6. The Kier molecular flexibility index (Phi) is 5.15. The van der Waals surface area contributed by atoms with E-state index in [2.05, 4.69) is 15.2 Å². The van der Waals surface area contributed by atoms with Gasteiger partial charge in [-0.15, -0.1) is 0 Å². The SMILES string of the molecule is NC(=O)OCCNC(=O)c1ccc(/C(N)=N/O)cc1. The Morgan fingerprint density at radius 3 is 2.32 bits per heavy atom. The summed E-state index contributed by atoms with van der Waals surface area (Å²) in [5, 5.41) is 13.9. The van der Waals surface area contributed by atoms with Crippen LogP contribution in [0.5, 0.6) is 0 Å². The number of hydrogen-bond donors (Lipinski definition) is 4. The van der Waals surface area contributed by atoms with Gasteiger partial charge in [-0.1, -0.05) is 17.3 Å². The molecule has 0 unspecified atom stereocenters. The van der Waals surface area contributed by atoms with Crippen LogP contribution < -0.4 is 16.8 Å². The molecule has 0 spiro atoms. The summed E-state index contributed by atoms with van der Waals surface area (Å²) in [6.45, 7) is 0.160. The Balaban J connectivity index is 2.51. The second-order valence-electron chi connectivity index (χ2n) is 3.49. The van der Waals surface area contributed by atoms with Crippen LogP contribution in [0.3, 0.4) is 0 Å². The molecule has 0 heterocycles. The van der Waals surface area contributed by atoms with Gasteiger partial charge in [0.1, 0.15) is 6.61 Å². The van der Waals surface area contributed by atoms with E-state index in [1.807, 2.05) is 0 Å². The van der Waals surface area contributed by atoms with Gasteiger partial charge in [-0.3, -0.25) is 4.79 Å². The van der Waals surface area contributed by atoms with Crippen LogP contribution in [-0.2, 0) is 4.74 Å². The van der Waals surface area contributed by atoms with Gasteiger partial charge in [0.05, 0.1) is 6.54 Å². The molecule has 0 saturated carbocycles. The summed E-state index contributed by atoms with van der Waals surface area (Å²) in [5.74, 6) is -0.374. The molecule has 1 aromatic rings. The molecule has 8 nitrogen and oxygen atoms in total. The molecule has 102 valence electrons. The molecule has 2 amide bonds. The molecule has 0 fully saturated rings. The molecule has 0 bridgehead atoms. The van der Waals surface area contributed by atoms with E-state index in [0.29, 0.717) is 11.1 Å². The molecule has 0 aliphatic rings. The second kappa shape index (κ2) is 6.84. The van der Waals surface area contributed by atoms with Gasteiger partial charge in [0.25, 0.3) is 5.91 Å². The van der Waals surface area contributed by atoms with E-state index in [4.69, 9.17) is 16.7 Å². The number of amidine groups is 1. The van der Waals surface area contributed by atoms with Crippen LogP contribution in [0, 0.1) is 0 Å². The largest absolute Gasteiger partial charge is 0.448 e. The van der Waals surface area contributed by atoms with Crippen LogP contribution in [-0.4, -0.2) is 36.2 Å². The maximum atomic E-state index is 11.6. The van der Waals surface area contributed by atoms with Crippen LogP contribution in [0.15, 0.2) is 29.4 Å². The fraction of sp³-hybridized carbons (Fsp3) is 0.182. The van der Waals surface area contributed by atoms with Crippen molar-refractivity contribution in [2.24, 2.45) is 16.6 Å². The average molecular weight is 266 g/mol. The number of benzene rings is 1. The molecule has 0 aliphatic carbocycles. The predicted molar refractivity (Wildman–Crippen MR) is 66.8 cm³/mol. The van der Waals surface area contributed by atoms with E-state index in [9.17, 15) is 9.59 Å². The van der Waals surface area contributed by atoms with E-state index < -0.39 is 6.09 Å². The number of nitrogens with zero attached hydrogens (tertiary/aromatic N) is 1. The highest BCUT2D eigenvalue weighted by Gasteiger charge is 2.06. The van der Waals surface area contributed by atoms with Crippen molar-refractivity contribution >= 4 is 17.8 Å². The van der Waals surface area contributed by atoms with E-state index in [0.717, 1.165) is 0 Å². The number of nitrogens with two attached hydrogens (primary N) is 2. The molecule has 0 aliphatic heterocycles. The highest BCUT2D eigenvalue weighted by molar-refractivity contribution is 5.99. The number of nitrogens with one attached hydrogen (secondary N) is 1. The van der Waals surface area contributed by atoms with E-state index in [1.165, 1.54) is 12.1 Å². The molecule has 0 atom stereocenters. The Morgan fingerprint density at radius 2 is 1.79 bits per heavy atom. The summed E-state index contributed by atoms with van der Waals surface area (Å²) in [6.07, 6.45) is -0.891. The number of carbonyl (C=O) groups is 2. The molecular weight excluding hydrogens is 252 g/mol. The normalized spacial score (nSPS) is 10.8. The summed E-state index contributed by atoms with van der Waals surface area (Å²) in [4.78, 5) is 21.9. The van der Waals surface area contributed by atoms with Gasteiger partial charge in [-0.2, -0.15) is 0 Å². The smallest absolute Gasteiger partial charge is 0.404 e. The minimum atomic E-state index is -0.891. The van der Waals surface area contributed by atoms with Crippen molar-refractivity contribution < 1.29 is 19.5 Å². The first kappa shape index (κ1) is 14.3. The zero-order valence-corrected chi connectivity index (χ0v) is 10.00. The van der Waals surface area contributed by atoms with Crippen LogP contribution in [0.4, 0.5) is 4.79 Å². The zero-order valence-electron chi connectivity index (χ0n) is 10.00. The molecule has 8 heteroatoms. The second-order valence-corrected chi connectivity index (χ2v) is 3.49. The summed E-state index contributed by atoms with van der Waals surface area (Å²) >= 11 is 0. The molecule has 0 radical (unpaired) electrons. The minimum Gasteiger partial charge on any atom is -0.448 e. The molecule has 0 saturated heterocycles. The van der Waals surface area contributed by atoms with E-state index in [1.54, 1.807) is 12.1 Å².